The fourth-order valence-corrected chi connectivity index (χ4v) is 7.56. The van der Waals surface area contributed by atoms with Gasteiger partial charge in [0.05, 0.1) is 23.6 Å². The van der Waals surface area contributed by atoms with Crippen LogP contribution in [0.1, 0.15) is 152 Å². The maximum absolute atomic E-state index is 11.2. The number of imidazole rings is 1. The first-order chi connectivity index (χ1) is 25.2. The standard InChI is InChI=1S/C48H60N4O/c1-29(2)36-23-40(31(5)6)46(41(24-36)32(7)8)51-21-20-50(28-51)38-17-15-16-35(22-38)44-27-52(48(49-44)39-18-13-14-19-45(39)53)47-42(33(9)10)25-37(30(3)4)26-43(47)34(11)12/h13-27,29-34,53H,28H2,1-12H3. The van der Waals surface area contributed by atoms with Crippen molar-refractivity contribution in [3.63, 3.8) is 0 Å². The molecule has 0 saturated heterocycles. The maximum atomic E-state index is 11.2. The van der Waals surface area contributed by atoms with Crippen molar-refractivity contribution >= 4 is 11.4 Å². The van der Waals surface area contributed by atoms with Gasteiger partial charge in [0, 0.05) is 35.5 Å². The van der Waals surface area contributed by atoms with Crippen molar-refractivity contribution in [1.82, 2.24) is 9.55 Å². The molecule has 0 saturated carbocycles. The monoisotopic (exact) mass is 708 g/mol. The predicted molar refractivity (Wildman–Crippen MR) is 226 cm³/mol. The Morgan fingerprint density at radius 1 is 0.547 bits per heavy atom. The van der Waals surface area contributed by atoms with Crippen molar-refractivity contribution in [1.29, 1.82) is 0 Å². The molecule has 2 heterocycles. The predicted octanol–water partition coefficient (Wildman–Crippen LogP) is 13.4. The molecular weight excluding hydrogens is 649 g/mol. The molecule has 1 N–H and O–H groups in total. The lowest BCUT2D eigenvalue weighted by molar-refractivity contribution is 0.477. The van der Waals surface area contributed by atoms with Gasteiger partial charge in [0.2, 0.25) is 0 Å². The molecule has 0 atom stereocenters. The molecule has 0 amide bonds. The van der Waals surface area contributed by atoms with Gasteiger partial charge in [-0.05, 0) is 93.2 Å². The molecule has 1 aromatic heterocycles. The third-order valence-corrected chi connectivity index (χ3v) is 10.8. The molecule has 5 nitrogen and oxygen atoms in total. The summed E-state index contributed by atoms with van der Waals surface area (Å²) in [5, 5.41) is 11.2. The zero-order valence-corrected chi connectivity index (χ0v) is 34.1. The van der Waals surface area contributed by atoms with Gasteiger partial charge >= 0.3 is 0 Å². The second-order valence-electron chi connectivity index (χ2n) is 16.8. The van der Waals surface area contributed by atoms with Gasteiger partial charge in [-0.15, -0.1) is 0 Å². The molecule has 5 aromatic rings. The van der Waals surface area contributed by atoms with Crippen molar-refractivity contribution in [2.24, 2.45) is 0 Å². The molecule has 6 rings (SSSR count). The van der Waals surface area contributed by atoms with Gasteiger partial charge in [0.1, 0.15) is 11.6 Å². The van der Waals surface area contributed by atoms with E-state index in [1.54, 1.807) is 6.07 Å². The SMILES string of the molecule is CC(C)c1cc(C(C)C)c(N2C=CN(c3cccc(-c4cn(-c5c(C(C)C)cc(C(C)C)cc5C(C)C)c(-c5ccccc5O)n4)c3)C2)c(C(C)C)c1. The molecule has 0 spiro atoms. The van der Waals surface area contributed by atoms with Crippen LogP contribution in [0.4, 0.5) is 11.4 Å². The van der Waals surface area contributed by atoms with Gasteiger partial charge in [-0.1, -0.05) is 132 Å². The summed E-state index contributed by atoms with van der Waals surface area (Å²) >= 11 is 0. The van der Waals surface area contributed by atoms with Gasteiger partial charge in [-0.3, -0.25) is 4.57 Å². The van der Waals surface area contributed by atoms with E-state index in [9.17, 15) is 5.11 Å². The zero-order valence-electron chi connectivity index (χ0n) is 34.1. The summed E-state index contributed by atoms with van der Waals surface area (Å²) in [6.07, 6.45) is 6.62. The zero-order chi connectivity index (χ0) is 38.3. The quantitative estimate of drug-likeness (QED) is 0.148. The Hall–Kier alpha value is -4.77. The molecule has 53 heavy (non-hydrogen) atoms. The highest BCUT2D eigenvalue weighted by atomic mass is 16.3. The Kier molecular flexibility index (Phi) is 11.0. The van der Waals surface area contributed by atoms with Crippen molar-refractivity contribution in [2.75, 3.05) is 16.5 Å². The first kappa shape index (κ1) is 38.0. The van der Waals surface area contributed by atoms with Crippen LogP contribution in [0.25, 0.3) is 28.3 Å². The minimum atomic E-state index is 0.223. The summed E-state index contributed by atoms with van der Waals surface area (Å²) in [6.45, 7) is 28.2. The summed E-state index contributed by atoms with van der Waals surface area (Å²) in [6, 6.07) is 25.9. The van der Waals surface area contributed by atoms with Gasteiger partial charge in [-0.2, -0.15) is 0 Å². The number of aromatic hydroxyl groups is 1. The summed E-state index contributed by atoms with van der Waals surface area (Å²) in [5.41, 5.74) is 14.4. The first-order valence-electron chi connectivity index (χ1n) is 19.7. The summed E-state index contributed by atoms with van der Waals surface area (Å²) < 4.78 is 2.24. The Morgan fingerprint density at radius 2 is 1.06 bits per heavy atom. The number of phenolic OH excluding ortho intramolecular Hbond substituents is 1. The fraction of sp³-hybridized carbons (Fsp3) is 0.396. The molecule has 5 heteroatoms. The number of para-hydroxylation sites is 1. The van der Waals surface area contributed by atoms with Crippen LogP contribution in [0.15, 0.2) is 91.4 Å². The van der Waals surface area contributed by atoms with E-state index in [-0.39, 0.29) is 5.75 Å². The number of hydrogen-bond donors (Lipinski definition) is 1. The molecule has 1 aliphatic heterocycles. The normalized spacial score (nSPS) is 13.4. The number of rotatable bonds is 11. The molecule has 0 radical (unpaired) electrons. The minimum absolute atomic E-state index is 0.223. The molecule has 0 unspecified atom stereocenters. The van der Waals surface area contributed by atoms with E-state index in [4.69, 9.17) is 4.98 Å². The molecular formula is C48H60N4O. The van der Waals surface area contributed by atoms with Crippen LogP contribution in [-0.2, 0) is 0 Å². The van der Waals surface area contributed by atoms with Crippen LogP contribution in [0.2, 0.25) is 0 Å². The average Bonchev–Trinajstić information content (AvgIpc) is 3.79. The summed E-state index contributed by atoms with van der Waals surface area (Å²) in [7, 11) is 0. The Morgan fingerprint density at radius 3 is 1.57 bits per heavy atom. The lowest BCUT2D eigenvalue weighted by Crippen LogP contribution is -2.26. The third kappa shape index (κ3) is 7.54. The van der Waals surface area contributed by atoms with Crippen LogP contribution < -0.4 is 9.80 Å². The van der Waals surface area contributed by atoms with Crippen LogP contribution >= 0.6 is 0 Å². The second-order valence-corrected chi connectivity index (χ2v) is 16.8. The number of aromatic nitrogens is 2. The van der Waals surface area contributed by atoms with E-state index in [0.717, 1.165) is 40.7 Å². The van der Waals surface area contributed by atoms with Crippen molar-refractivity contribution in [3.05, 3.63) is 125 Å². The topological polar surface area (TPSA) is 44.5 Å². The largest absolute Gasteiger partial charge is 0.507 e. The van der Waals surface area contributed by atoms with Crippen LogP contribution in [0, 0.1) is 0 Å². The van der Waals surface area contributed by atoms with Crippen LogP contribution in [-0.4, -0.2) is 21.3 Å². The van der Waals surface area contributed by atoms with Crippen molar-refractivity contribution in [3.8, 4) is 34.1 Å². The van der Waals surface area contributed by atoms with Gasteiger partial charge in [0.25, 0.3) is 0 Å². The fourth-order valence-electron chi connectivity index (χ4n) is 7.56. The minimum Gasteiger partial charge on any atom is -0.507 e. The number of hydrogen-bond acceptors (Lipinski definition) is 4. The van der Waals surface area contributed by atoms with E-state index in [1.165, 1.54) is 39.1 Å². The number of anilines is 2. The van der Waals surface area contributed by atoms with E-state index >= 15 is 0 Å². The second kappa shape index (κ2) is 15.3. The Labute approximate surface area is 319 Å². The lowest BCUT2D eigenvalue weighted by Gasteiger charge is -2.30. The average molecular weight is 709 g/mol. The highest BCUT2D eigenvalue weighted by Gasteiger charge is 2.27. The molecule has 0 fully saturated rings. The molecule has 278 valence electrons. The van der Waals surface area contributed by atoms with Gasteiger partial charge in [0.15, 0.2) is 0 Å². The van der Waals surface area contributed by atoms with E-state index in [1.807, 2.05) is 18.2 Å². The van der Waals surface area contributed by atoms with Gasteiger partial charge in [-0.25, -0.2) is 4.98 Å². The lowest BCUT2D eigenvalue weighted by atomic mass is 9.87. The van der Waals surface area contributed by atoms with Crippen LogP contribution in [0.5, 0.6) is 5.75 Å². The first-order valence-corrected chi connectivity index (χ1v) is 19.7. The van der Waals surface area contributed by atoms with E-state index in [2.05, 4.69) is 165 Å². The Bertz CT molecular complexity index is 2050. The van der Waals surface area contributed by atoms with E-state index in [0.29, 0.717) is 35.5 Å². The van der Waals surface area contributed by atoms with Crippen LogP contribution in [0.3, 0.4) is 0 Å². The van der Waals surface area contributed by atoms with Crippen molar-refractivity contribution in [2.45, 2.75) is 119 Å². The van der Waals surface area contributed by atoms with Gasteiger partial charge < -0.3 is 14.9 Å². The Balaban J connectivity index is 1.45. The molecule has 1 aliphatic rings. The smallest absolute Gasteiger partial charge is 0.148 e. The molecule has 0 bridgehead atoms. The summed E-state index contributed by atoms with van der Waals surface area (Å²) in [5.74, 6) is 3.28. The summed E-state index contributed by atoms with van der Waals surface area (Å²) in [4.78, 5) is 10.1. The highest BCUT2D eigenvalue weighted by Crippen LogP contribution is 2.42. The number of benzene rings is 4. The highest BCUT2D eigenvalue weighted by molar-refractivity contribution is 5.75. The van der Waals surface area contributed by atoms with E-state index < -0.39 is 0 Å². The number of nitrogens with zero attached hydrogens (tertiary/aromatic N) is 4. The number of phenols is 1. The molecule has 4 aromatic carbocycles. The maximum Gasteiger partial charge on any atom is 0.148 e. The third-order valence-electron chi connectivity index (χ3n) is 10.8. The van der Waals surface area contributed by atoms with Crippen molar-refractivity contribution < 1.29 is 5.11 Å². The molecule has 0 aliphatic carbocycles.